The van der Waals surface area contributed by atoms with Gasteiger partial charge in [-0.05, 0) is 12.5 Å². The van der Waals surface area contributed by atoms with E-state index in [-0.39, 0.29) is 6.54 Å². The van der Waals surface area contributed by atoms with Crippen molar-refractivity contribution in [2.24, 2.45) is 0 Å². The third-order valence-corrected chi connectivity index (χ3v) is 5.59. The number of aromatic nitrogens is 1. The van der Waals surface area contributed by atoms with Crippen LogP contribution < -0.4 is 0 Å². The Kier molecular flexibility index (Phi) is 4.75. The van der Waals surface area contributed by atoms with E-state index in [4.69, 9.17) is 0 Å². The number of benzene rings is 2. The van der Waals surface area contributed by atoms with Crippen LogP contribution in [0.25, 0.3) is 10.6 Å². The summed E-state index contributed by atoms with van der Waals surface area (Å²) in [7, 11) is 0. The first-order valence-corrected chi connectivity index (χ1v) is 9.68. The van der Waals surface area contributed by atoms with Gasteiger partial charge in [-0.3, -0.25) is 9.59 Å². The van der Waals surface area contributed by atoms with E-state index in [2.05, 4.69) is 4.98 Å². The average molecular weight is 391 g/mol. The van der Waals surface area contributed by atoms with Gasteiger partial charge in [-0.2, -0.15) is 0 Å². The van der Waals surface area contributed by atoms with Crippen molar-refractivity contribution in [1.29, 1.82) is 0 Å². The Bertz CT molecular complexity index is 1030. The van der Waals surface area contributed by atoms with Gasteiger partial charge in [-0.15, -0.1) is 11.3 Å². The van der Waals surface area contributed by atoms with E-state index in [1.165, 1.54) is 11.3 Å². The van der Waals surface area contributed by atoms with Crippen LogP contribution in [0.4, 0.5) is 4.79 Å². The molecule has 6 nitrogen and oxygen atoms in total. The molecule has 4 amide bonds. The Morgan fingerprint density at radius 2 is 1.57 bits per heavy atom. The van der Waals surface area contributed by atoms with Crippen molar-refractivity contribution in [3.63, 3.8) is 0 Å². The van der Waals surface area contributed by atoms with E-state index in [0.29, 0.717) is 5.69 Å². The zero-order chi connectivity index (χ0) is 19.7. The Labute approximate surface area is 166 Å². The molecular weight excluding hydrogens is 374 g/mol. The molecule has 2 aromatic carbocycles. The van der Waals surface area contributed by atoms with Crippen LogP contribution in [0.3, 0.4) is 0 Å². The van der Waals surface area contributed by atoms with E-state index in [9.17, 15) is 14.4 Å². The number of nitrogens with zero attached hydrogens (tertiary/aromatic N) is 3. The SMILES string of the molecule is CC(c1ccccc1)N1C(=O)C(=O)N(Cc2csc(-c3ccccc3)n2)C1=O. The highest BCUT2D eigenvalue weighted by Crippen LogP contribution is 2.28. The maximum absolute atomic E-state index is 12.8. The standard InChI is InChI=1S/C21H17N3O3S/c1-14(15-8-4-2-5-9-15)24-20(26)19(25)23(21(24)27)12-17-13-28-18(22-17)16-10-6-3-7-11-16/h2-11,13-14H,12H2,1H3. The highest BCUT2D eigenvalue weighted by Gasteiger charge is 2.47. The molecule has 1 aliphatic heterocycles. The summed E-state index contributed by atoms with van der Waals surface area (Å²) in [6.07, 6.45) is 0. The number of carbonyl (C=O) groups excluding carboxylic acids is 3. The molecule has 0 radical (unpaired) electrons. The van der Waals surface area contributed by atoms with Crippen molar-refractivity contribution in [3.05, 3.63) is 77.3 Å². The zero-order valence-corrected chi connectivity index (χ0v) is 15.9. The molecule has 1 atom stereocenters. The molecule has 28 heavy (non-hydrogen) atoms. The lowest BCUT2D eigenvalue weighted by Gasteiger charge is -2.22. The van der Waals surface area contributed by atoms with Gasteiger partial charge < -0.3 is 0 Å². The number of imide groups is 2. The van der Waals surface area contributed by atoms with Gasteiger partial charge in [0.15, 0.2) is 0 Å². The maximum atomic E-state index is 12.8. The summed E-state index contributed by atoms with van der Waals surface area (Å²) in [5.74, 6) is -1.62. The van der Waals surface area contributed by atoms with Crippen LogP contribution in [0.15, 0.2) is 66.0 Å². The molecule has 0 saturated carbocycles. The molecule has 1 saturated heterocycles. The van der Waals surface area contributed by atoms with Gasteiger partial charge in [0.05, 0.1) is 18.3 Å². The number of rotatable bonds is 5. The predicted octanol–water partition coefficient (Wildman–Crippen LogP) is 3.86. The zero-order valence-electron chi connectivity index (χ0n) is 15.1. The Morgan fingerprint density at radius 1 is 0.929 bits per heavy atom. The Morgan fingerprint density at radius 3 is 2.25 bits per heavy atom. The van der Waals surface area contributed by atoms with Crippen LogP contribution in [-0.4, -0.2) is 32.6 Å². The van der Waals surface area contributed by atoms with Crippen molar-refractivity contribution in [2.75, 3.05) is 0 Å². The fourth-order valence-corrected chi connectivity index (χ4v) is 3.96. The molecule has 0 bridgehead atoms. The second-order valence-corrected chi connectivity index (χ2v) is 7.30. The molecule has 1 unspecified atom stereocenters. The summed E-state index contributed by atoms with van der Waals surface area (Å²) >= 11 is 1.43. The van der Waals surface area contributed by atoms with Crippen LogP contribution in [0.2, 0.25) is 0 Å². The number of amides is 4. The van der Waals surface area contributed by atoms with Crippen LogP contribution in [0.5, 0.6) is 0 Å². The van der Waals surface area contributed by atoms with Crippen molar-refractivity contribution in [2.45, 2.75) is 19.5 Å². The van der Waals surface area contributed by atoms with Gasteiger partial charge >= 0.3 is 17.8 Å². The van der Waals surface area contributed by atoms with E-state index >= 15 is 0 Å². The minimum absolute atomic E-state index is 0.0231. The minimum atomic E-state index is -0.818. The normalized spacial score (nSPS) is 15.4. The molecule has 1 aliphatic rings. The average Bonchev–Trinajstić information content (AvgIpc) is 3.28. The van der Waals surface area contributed by atoms with Gasteiger partial charge in [-0.1, -0.05) is 60.7 Å². The molecular formula is C21H17N3O3S. The largest absolute Gasteiger partial charge is 0.335 e. The molecule has 0 N–H and O–H groups in total. The maximum Gasteiger partial charge on any atom is 0.335 e. The lowest BCUT2D eigenvalue weighted by atomic mass is 10.1. The minimum Gasteiger partial charge on any atom is -0.263 e. The second kappa shape index (κ2) is 7.36. The Balaban J connectivity index is 1.55. The van der Waals surface area contributed by atoms with E-state index in [1.54, 1.807) is 12.3 Å². The second-order valence-electron chi connectivity index (χ2n) is 6.45. The van der Waals surface area contributed by atoms with Gasteiger partial charge in [0.25, 0.3) is 0 Å². The highest BCUT2D eigenvalue weighted by atomic mass is 32.1. The third kappa shape index (κ3) is 3.20. The lowest BCUT2D eigenvalue weighted by molar-refractivity contribution is -0.144. The molecule has 0 aliphatic carbocycles. The molecule has 2 heterocycles. The van der Waals surface area contributed by atoms with Gasteiger partial charge in [0.2, 0.25) is 0 Å². The van der Waals surface area contributed by atoms with Crippen LogP contribution in [0.1, 0.15) is 24.2 Å². The summed E-state index contributed by atoms with van der Waals surface area (Å²) < 4.78 is 0. The first kappa shape index (κ1) is 18.1. The van der Waals surface area contributed by atoms with Gasteiger partial charge in [0, 0.05) is 10.9 Å². The molecule has 0 spiro atoms. The van der Waals surface area contributed by atoms with E-state index in [1.807, 2.05) is 60.7 Å². The molecule has 1 fully saturated rings. The monoisotopic (exact) mass is 391 g/mol. The number of hydrogen-bond donors (Lipinski definition) is 0. The predicted molar refractivity (Wildman–Crippen MR) is 105 cm³/mol. The van der Waals surface area contributed by atoms with Crippen molar-refractivity contribution >= 4 is 29.2 Å². The smallest absolute Gasteiger partial charge is 0.263 e. The number of carbonyl (C=O) groups is 3. The van der Waals surface area contributed by atoms with Crippen molar-refractivity contribution in [1.82, 2.24) is 14.8 Å². The lowest BCUT2D eigenvalue weighted by Crippen LogP contribution is -2.35. The first-order valence-electron chi connectivity index (χ1n) is 8.80. The Hall–Kier alpha value is -3.32. The number of thiazole rings is 1. The van der Waals surface area contributed by atoms with Crippen molar-refractivity contribution < 1.29 is 14.4 Å². The quantitative estimate of drug-likeness (QED) is 0.489. The summed E-state index contributed by atoms with van der Waals surface area (Å²) in [6, 6.07) is 17.7. The summed E-state index contributed by atoms with van der Waals surface area (Å²) in [5.41, 5.74) is 2.33. The molecule has 4 rings (SSSR count). The fraction of sp³-hybridized carbons (Fsp3) is 0.143. The van der Waals surface area contributed by atoms with Crippen molar-refractivity contribution in [3.8, 4) is 10.6 Å². The van der Waals surface area contributed by atoms with Crippen LogP contribution >= 0.6 is 11.3 Å². The molecule has 7 heteroatoms. The fourth-order valence-electron chi connectivity index (χ4n) is 3.14. The number of urea groups is 1. The van der Waals surface area contributed by atoms with Crippen LogP contribution in [0, 0.1) is 0 Å². The first-order chi connectivity index (χ1) is 13.6. The van der Waals surface area contributed by atoms with Crippen LogP contribution in [-0.2, 0) is 16.1 Å². The van der Waals surface area contributed by atoms with Gasteiger partial charge in [-0.25, -0.2) is 19.6 Å². The third-order valence-electron chi connectivity index (χ3n) is 4.65. The highest BCUT2D eigenvalue weighted by molar-refractivity contribution is 7.13. The molecule has 1 aromatic heterocycles. The molecule has 3 aromatic rings. The summed E-state index contributed by atoms with van der Waals surface area (Å²) in [6.45, 7) is 1.71. The van der Waals surface area contributed by atoms with Gasteiger partial charge in [0.1, 0.15) is 5.01 Å². The molecule has 140 valence electrons. The van der Waals surface area contributed by atoms with E-state index in [0.717, 1.165) is 25.9 Å². The number of hydrogen-bond acceptors (Lipinski definition) is 5. The summed E-state index contributed by atoms with van der Waals surface area (Å²) in [4.78, 5) is 44.2. The summed E-state index contributed by atoms with van der Waals surface area (Å²) in [5, 5.41) is 2.60. The topological polar surface area (TPSA) is 70.6 Å². The van der Waals surface area contributed by atoms with E-state index < -0.39 is 23.9 Å².